The third-order valence-electron chi connectivity index (χ3n) is 3.42. The Labute approximate surface area is 118 Å². The number of nitrogens with zero attached hydrogens (tertiary/aromatic N) is 1. The Morgan fingerprint density at radius 3 is 2.37 bits per heavy atom. The summed E-state index contributed by atoms with van der Waals surface area (Å²) in [6, 6.07) is 8.79. The number of rotatable bonds is 10. The molecule has 1 aromatic rings. The monoisotopic (exact) mass is 264 g/mol. The number of nitrogens with one attached hydrogen (secondary N) is 1. The molecule has 19 heavy (non-hydrogen) atoms. The average Bonchev–Trinajstić information content (AvgIpc) is 2.46. The molecule has 108 valence electrons. The fourth-order valence-corrected chi connectivity index (χ4v) is 2.07. The molecule has 0 amide bonds. The van der Waals surface area contributed by atoms with Crippen LogP contribution in [0.3, 0.4) is 0 Å². The van der Waals surface area contributed by atoms with Gasteiger partial charge in [-0.15, -0.1) is 0 Å². The van der Waals surface area contributed by atoms with Crippen molar-refractivity contribution < 1.29 is 4.74 Å². The van der Waals surface area contributed by atoms with E-state index in [1.54, 1.807) is 7.11 Å². The summed E-state index contributed by atoms with van der Waals surface area (Å²) < 4.78 is 5.03. The summed E-state index contributed by atoms with van der Waals surface area (Å²) in [5, 5.41) is 3.40. The molecule has 0 saturated heterocycles. The van der Waals surface area contributed by atoms with Crippen LogP contribution in [-0.4, -0.2) is 44.8 Å². The normalized spacial score (nSPS) is 10.9. The lowest BCUT2D eigenvalue weighted by Gasteiger charge is -2.17. The number of anilines is 1. The van der Waals surface area contributed by atoms with E-state index in [4.69, 9.17) is 4.74 Å². The Balaban J connectivity index is 2.30. The number of methoxy groups -OCH3 is 1. The quantitative estimate of drug-likeness (QED) is 0.657. The van der Waals surface area contributed by atoms with Gasteiger partial charge >= 0.3 is 0 Å². The molecular formula is C16H28N2O. The van der Waals surface area contributed by atoms with Crippen molar-refractivity contribution in [3.05, 3.63) is 29.8 Å². The molecule has 0 fully saturated rings. The minimum Gasteiger partial charge on any atom is -0.385 e. The van der Waals surface area contributed by atoms with Gasteiger partial charge in [0.15, 0.2) is 0 Å². The van der Waals surface area contributed by atoms with Crippen LogP contribution in [0.15, 0.2) is 24.3 Å². The molecule has 1 rings (SSSR count). The Morgan fingerprint density at radius 1 is 1.11 bits per heavy atom. The van der Waals surface area contributed by atoms with Gasteiger partial charge in [-0.1, -0.05) is 26.0 Å². The summed E-state index contributed by atoms with van der Waals surface area (Å²) >= 11 is 0. The van der Waals surface area contributed by atoms with Gasteiger partial charge in [-0.2, -0.15) is 0 Å². The first-order chi connectivity index (χ1) is 9.30. The maximum atomic E-state index is 5.03. The van der Waals surface area contributed by atoms with E-state index in [2.05, 4.69) is 48.3 Å². The summed E-state index contributed by atoms with van der Waals surface area (Å²) in [4.78, 5) is 2.46. The van der Waals surface area contributed by atoms with E-state index in [0.29, 0.717) is 0 Å². The van der Waals surface area contributed by atoms with E-state index in [0.717, 1.165) is 45.6 Å². The van der Waals surface area contributed by atoms with Gasteiger partial charge in [0.05, 0.1) is 0 Å². The van der Waals surface area contributed by atoms with E-state index >= 15 is 0 Å². The zero-order chi connectivity index (χ0) is 13.9. The van der Waals surface area contributed by atoms with Gasteiger partial charge in [-0.05, 0) is 43.6 Å². The van der Waals surface area contributed by atoms with Crippen LogP contribution in [0, 0.1) is 0 Å². The van der Waals surface area contributed by atoms with Crippen LogP contribution in [0.1, 0.15) is 25.8 Å². The van der Waals surface area contributed by atoms with Crippen LogP contribution < -0.4 is 5.32 Å². The van der Waals surface area contributed by atoms with Crippen molar-refractivity contribution in [2.75, 3.05) is 45.2 Å². The summed E-state index contributed by atoms with van der Waals surface area (Å²) in [5.74, 6) is 0. The highest BCUT2D eigenvalue weighted by Crippen LogP contribution is 2.10. The number of benzene rings is 1. The molecule has 0 unspecified atom stereocenters. The summed E-state index contributed by atoms with van der Waals surface area (Å²) in [6.45, 7) is 9.63. The summed E-state index contributed by atoms with van der Waals surface area (Å²) in [6.07, 6.45) is 2.17. The molecule has 0 radical (unpaired) electrons. The second-order valence-corrected chi connectivity index (χ2v) is 4.75. The Morgan fingerprint density at radius 2 is 1.79 bits per heavy atom. The summed E-state index contributed by atoms with van der Waals surface area (Å²) in [5.41, 5.74) is 2.61. The van der Waals surface area contributed by atoms with Crippen LogP contribution in [0.4, 0.5) is 5.69 Å². The SMILES string of the molecule is CCN(CC)CCc1ccc(NCCCOC)cc1. The van der Waals surface area contributed by atoms with E-state index < -0.39 is 0 Å². The van der Waals surface area contributed by atoms with Gasteiger partial charge in [-0.3, -0.25) is 0 Å². The van der Waals surface area contributed by atoms with Gasteiger partial charge in [0.2, 0.25) is 0 Å². The lowest BCUT2D eigenvalue weighted by molar-refractivity contribution is 0.198. The predicted molar refractivity (Wildman–Crippen MR) is 82.9 cm³/mol. The fourth-order valence-electron chi connectivity index (χ4n) is 2.07. The molecule has 1 N–H and O–H groups in total. The van der Waals surface area contributed by atoms with Gasteiger partial charge in [0.25, 0.3) is 0 Å². The molecule has 0 bridgehead atoms. The van der Waals surface area contributed by atoms with Crippen molar-refractivity contribution in [2.45, 2.75) is 26.7 Å². The zero-order valence-electron chi connectivity index (χ0n) is 12.6. The van der Waals surface area contributed by atoms with E-state index in [9.17, 15) is 0 Å². The lowest BCUT2D eigenvalue weighted by Crippen LogP contribution is -2.25. The Kier molecular flexibility index (Phi) is 8.26. The third-order valence-corrected chi connectivity index (χ3v) is 3.42. The highest BCUT2D eigenvalue weighted by Gasteiger charge is 2.00. The second-order valence-electron chi connectivity index (χ2n) is 4.75. The number of likely N-dealkylation sites (N-methyl/N-ethyl adjacent to an activating group) is 1. The Bertz CT molecular complexity index is 320. The molecule has 0 atom stereocenters. The molecule has 0 aliphatic heterocycles. The van der Waals surface area contributed by atoms with Crippen LogP contribution in [0.25, 0.3) is 0 Å². The van der Waals surface area contributed by atoms with E-state index in [1.807, 2.05) is 0 Å². The summed E-state index contributed by atoms with van der Waals surface area (Å²) in [7, 11) is 1.74. The zero-order valence-corrected chi connectivity index (χ0v) is 12.6. The maximum absolute atomic E-state index is 5.03. The molecule has 0 aliphatic carbocycles. The number of hydrogen-bond donors (Lipinski definition) is 1. The number of ether oxygens (including phenoxy) is 1. The fraction of sp³-hybridized carbons (Fsp3) is 0.625. The average molecular weight is 264 g/mol. The molecule has 0 saturated carbocycles. The highest BCUT2D eigenvalue weighted by molar-refractivity contribution is 5.44. The van der Waals surface area contributed by atoms with Crippen molar-refractivity contribution in [3.8, 4) is 0 Å². The number of hydrogen-bond acceptors (Lipinski definition) is 3. The predicted octanol–water partition coefficient (Wildman–Crippen LogP) is 3.02. The van der Waals surface area contributed by atoms with Crippen molar-refractivity contribution in [1.82, 2.24) is 4.90 Å². The molecule has 0 heterocycles. The van der Waals surface area contributed by atoms with Crippen molar-refractivity contribution in [1.29, 1.82) is 0 Å². The van der Waals surface area contributed by atoms with Crippen molar-refractivity contribution in [3.63, 3.8) is 0 Å². The first-order valence-electron chi connectivity index (χ1n) is 7.34. The van der Waals surface area contributed by atoms with Crippen LogP contribution >= 0.6 is 0 Å². The van der Waals surface area contributed by atoms with Crippen molar-refractivity contribution >= 4 is 5.69 Å². The maximum Gasteiger partial charge on any atom is 0.0479 e. The Hall–Kier alpha value is -1.06. The molecular weight excluding hydrogens is 236 g/mol. The smallest absolute Gasteiger partial charge is 0.0479 e. The molecule has 3 heteroatoms. The minimum atomic E-state index is 0.814. The third kappa shape index (κ3) is 6.60. The lowest BCUT2D eigenvalue weighted by atomic mass is 10.1. The van der Waals surface area contributed by atoms with Crippen molar-refractivity contribution in [2.24, 2.45) is 0 Å². The molecule has 0 aliphatic rings. The minimum absolute atomic E-state index is 0.814. The molecule has 0 spiro atoms. The van der Waals surface area contributed by atoms with Crippen LogP contribution in [0.2, 0.25) is 0 Å². The van der Waals surface area contributed by atoms with Gasteiger partial charge in [0.1, 0.15) is 0 Å². The van der Waals surface area contributed by atoms with Gasteiger partial charge in [-0.25, -0.2) is 0 Å². The van der Waals surface area contributed by atoms with Crippen LogP contribution in [0.5, 0.6) is 0 Å². The second kappa shape index (κ2) is 9.82. The first kappa shape index (κ1) is 16.0. The topological polar surface area (TPSA) is 24.5 Å². The van der Waals surface area contributed by atoms with E-state index in [-0.39, 0.29) is 0 Å². The van der Waals surface area contributed by atoms with E-state index in [1.165, 1.54) is 11.3 Å². The van der Waals surface area contributed by atoms with Gasteiger partial charge < -0.3 is 15.0 Å². The first-order valence-corrected chi connectivity index (χ1v) is 7.34. The largest absolute Gasteiger partial charge is 0.385 e. The highest BCUT2D eigenvalue weighted by atomic mass is 16.5. The van der Waals surface area contributed by atoms with Gasteiger partial charge in [0, 0.05) is 32.5 Å². The molecule has 1 aromatic carbocycles. The van der Waals surface area contributed by atoms with Crippen LogP contribution in [-0.2, 0) is 11.2 Å². The molecule has 3 nitrogen and oxygen atoms in total. The molecule has 0 aromatic heterocycles. The standard InChI is InChI=1S/C16H28N2O/c1-4-18(5-2)13-11-15-7-9-16(10-8-15)17-12-6-14-19-3/h7-10,17H,4-6,11-14H2,1-3H3.